The first-order valence-corrected chi connectivity index (χ1v) is 9.41. The Labute approximate surface area is 170 Å². The predicted molar refractivity (Wildman–Crippen MR) is 108 cm³/mol. The van der Waals surface area contributed by atoms with Crippen LogP contribution in [0.5, 0.6) is 17.2 Å². The van der Waals surface area contributed by atoms with E-state index in [1.165, 1.54) is 6.92 Å². The lowest BCUT2D eigenvalue weighted by atomic mass is 10.2. The normalized spacial score (nSPS) is 11.3. The smallest absolute Gasteiger partial charge is 0.338 e. The summed E-state index contributed by atoms with van der Waals surface area (Å²) in [4.78, 5) is 24.5. The minimum Gasteiger partial charge on any atom is -0.494 e. The van der Waals surface area contributed by atoms with Crippen molar-refractivity contribution in [2.45, 2.75) is 32.9 Å². The third-order valence-electron chi connectivity index (χ3n) is 4.13. The fourth-order valence-electron chi connectivity index (χ4n) is 2.51. The summed E-state index contributed by atoms with van der Waals surface area (Å²) in [5.41, 5.74) is 1.19. The van der Waals surface area contributed by atoms with Crippen molar-refractivity contribution in [2.24, 2.45) is 0 Å². The lowest BCUT2D eigenvalue weighted by molar-refractivity contribution is -0.129. The molecule has 2 rings (SSSR count). The number of ether oxygens (including phenoxy) is 4. The van der Waals surface area contributed by atoms with Crippen LogP contribution >= 0.6 is 0 Å². The number of amides is 1. The first kappa shape index (κ1) is 22.1. The zero-order valence-electron chi connectivity index (χ0n) is 17.2. The molecule has 0 aromatic heterocycles. The average Bonchev–Trinajstić information content (AvgIpc) is 2.75. The maximum absolute atomic E-state index is 12.3. The minimum absolute atomic E-state index is 0.268. The molecule has 0 radical (unpaired) electrons. The van der Waals surface area contributed by atoms with E-state index in [2.05, 4.69) is 5.32 Å². The van der Waals surface area contributed by atoms with Crippen molar-refractivity contribution in [2.75, 3.05) is 20.8 Å². The Morgan fingerprint density at radius 3 is 2.31 bits per heavy atom. The molecule has 2 aromatic carbocycles. The van der Waals surface area contributed by atoms with Gasteiger partial charge in [-0.05, 0) is 55.3 Å². The molecule has 7 heteroatoms. The maximum atomic E-state index is 12.3. The zero-order chi connectivity index (χ0) is 21.2. The van der Waals surface area contributed by atoms with Crippen molar-refractivity contribution in [3.63, 3.8) is 0 Å². The second kappa shape index (κ2) is 10.9. The number of nitrogens with one attached hydrogen (secondary N) is 1. The van der Waals surface area contributed by atoms with E-state index in [1.54, 1.807) is 50.6 Å². The molecule has 2 aromatic rings. The van der Waals surface area contributed by atoms with Gasteiger partial charge in [-0.25, -0.2) is 4.79 Å². The van der Waals surface area contributed by atoms with Gasteiger partial charge in [-0.15, -0.1) is 0 Å². The van der Waals surface area contributed by atoms with E-state index in [0.717, 1.165) is 12.0 Å². The lowest BCUT2D eigenvalue weighted by Crippen LogP contribution is -2.35. The maximum Gasteiger partial charge on any atom is 0.338 e. The van der Waals surface area contributed by atoms with E-state index in [9.17, 15) is 9.59 Å². The summed E-state index contributed by atoms with van der Waals surface area (Å²) in [6.07, 6.45) is -0.0293. The molecule has 0 aliphatic heterocycles. The van der Waals surface area contributed by atoms with Crippen LogP contribution in [0.4, 0.5) is 0 Å². The summed E-state index contributed by atoms with van der Waals surface area (Å²) in [5, 5.41) is 2.74. The second-order valence-electron chi connectivity index (χ2n) is 6.33. The molecule has 0 spiro atoms. The minimum atomic E-state index is -0.932. The number of hydrogen-bond acceptors (Lipinski definition) is 6. The highest BCUT2D eigenvalue weighted by atomic mass is 16.5. The molecule has 1 N–H and O–H groups in total. The Bertz CT molecular complexity index is 819. The van der Waals surface area contributed by atoms with Crippen LogP contribution in [0.1, 0.15) is 36.2 Å². The van der Waals surface area contributed by atoms with Gasteiger partial charge >= 0.3 is 5.97 Å². The number of carbonyl (C=O) groups is 2. The van der Waals surface area contributed by atoms with Gasteiger partial charge in [-0.2, -0.15) is 0 Å². The highest BCUT2D eigenvalue weighted by Crippen LogP contribution is 2.27. The van der Waals surface area contributed by atoms with Gasteiger partial charge < -0.3 is 24.3 Å². The van der Waals surface area contributed by atoms with E-state index in [4.69, 9.17) is 18.9 Å². The molecule has 29 heavy (non-hydrogen) atoms. The van der Waals surface area contributed by atoms with Gasteiger partial charge in [0.2, 0.25) is 0 Å². The second-order valence-corrected chi connectivity index (χ2v) is 6.33. The molecular weight excluding hydrogens is 374 g/mol. The molecule has 156 valence electrons. The fraction of sp³-hybridized carbons (Fsp3) is 0.364. The van der Waals surface area contributed by atoms with Gasteiger partial charge in [0, 0.05) is 6.54 Å². The monoisotopic (exact) mass is 401 g/mol. The molecule has 0 saturated carbocycles. The van der Waals surface area contributed by atoms with Crippen molar-refractivity contribution < 1.29 is 28.5 Å². The van der Waals surface area contributed by atoms with Crippen LogP contribution in [0.25, 0.3) is 0 Å². The predicted octanol–water partition coefficient (Wildman–Crippen LogP) is 3.35. The van der Waals surface area contributed by atoms with Gasteiger partial charge in [0.05, 0.1) is 26.4 Å². The van der Waals surface area contributed by atoms with E-state index in [-0.39, 0.29) is 6.54 Å². The third kappa shape index (κ3) is 6.41. The summed E-state index contributed by atoms with van der Waals surface area (Å²) in [7, 11) is 3.10. The van der Waals surface area contributed by atoms with Crippen LogP contribution < -0.4 is 19.5 Å². The Hall–Kier alpha value is -3.22. The van der Waals surface area contributed by atoms with Gasteiger partial charge in [0.1, 0.15) is 5.75 Å². The number of carbonyl (C=O) groups excluding carboxylic acids is 2. The number of methoxy groups -OCH3 is 2. The average molecular weight is 401 g/mol. The number of esters is 1. The van der Waals surface area contributed by atoms with Crippen molar-refractivity contribution in [3.05, 3.63) is 53.6 Å². The van der Waals surface area contributed by atoms with Gasteiger partial charge in [-0.3, -0.25) is 4.79 Å². The molecule has 0 aliphatic rings. The van der Waals surface area contributed by atoms with Gasteiger partial charge in [-0.1, -0.05) is 13.0 Å². The number of rotatable bonds is 10. The summed E-state index contributed by atoms with van der Waals surface area (Å²) in [5.74, 6) is 0.905. The molecule has 0 unspecified atom stereocenters. The quantitative estimate of drug-likeness (QED) is 0.615. The SMILES string of the molecule is CCCOc1ccc(C(=O)O[C@@H](C)C(=O)NCc2ccc(OC)c(OC)c2)cc1. The fourth-order valence-corrected chi connectivity index (χ4v) is 2.51. The highest BCUT2D eigenvalue weighted by molar-refractivity contribution is 5.92. The lowest BCUT2D eigenvalue weighted by Gasteiger charge is -2.14. The Kier molecular flexibility index (Phi) is 8.33. The van der Waals surface area contributed by atoms with Gasteiger partial charge in [0.15, 0.2) is 17.6 Å². The van der Waals surface area contributed by atoms with Gasteiger partial charge in [0.25, 0.3) is 5.91 Å². The van der Waals surface area contributed by atoms with Crippen LogP contribution in [0.3, 0.4) is 0 Å². The number of benzene rings is 2. The summed E-state index contributed by atoms with van der Waals surface area (Å²) >= 11 is 0. The van der Waals surface area contributed by atoms with Crippen LogP contribution in [0.15, 0.2) is 42.5 Å². The highest BCUT2D eigenvalue weighted by Gasteiger charge is 2.19. The zero-order valence-corrected chi connectivity index (χ0v) is 17.2. The molecule has 0 bridgehead atoms. The first-order chi connectivity index (χ1) is 14.0. The van der Waals surface area contributed by atoms with E-state index >= 15 is 0 Å². The van der Waals surface area contributed by atoms with Crippen molar-refractivity contribution in [1.29, 1.82) is 0 Å². The third-order valence-corrected chi connectivity index (χ3v) is 4.13. The molecule has 0 aliphatic carbocycles. The van der Waals surface area contributed by atoms with Crippen LogP contribution in [0.2, 0.25) is 0 Å². The van der Waals surface area contributed by atoms with E-state index in [1.807, 2.05) is 13.0 Å². The summed E-state index contributed by atoms with van der Waals surface area (Å²) < 4.78 is 21.2. The Morgan fingerprint density at radius 1 is 1.00 bits per heavy atom. The first-order valence-electron chi connectivity index (χ1n) is 9.41. The van der Waals surface area contributed by atoms with Crippen LogP contribution in [0, 0.1) is 0 Å². The Morgan fingerprint density at radius 2 is 1.69 bits per heavy atom. The van der Waals surface area contributed by atoms with Crippen LogP contribution in [-0.2, 0) is 16.1 Å². The number of hydrogen-bond donors (Lipinski definition) is 1. The van der Waals surface area contributed by atoms with E-state index in [0.29, 0.717) is 29.4 Å². The summed E-state index contributed by atoms with van der Waals surface area (Å²) in [6.45, 7) is 4.43. The molecular formula is C22H27NO6. The molecule has 0 heterocycles. The molecule has 1 amide bonds. The standard InChI is InChI=1S/C22H27NO6/c1-5-12-28-18-9-7-17(8-10-18)22(25)29-15(2)21(24)23-14-16-6-11-19(26-3)20(13-16)27-4/h6-11,13,15H,5,12,14H2,1-4H3,(H,23,24)/t15-/m0/s1. The van der Waals surface area contributed by atoms with Crippen molar-refractivity contribution in [1.82, 2.24) is 5.32 Å². The van der Waals surface area contributed by atoms with Crippen molar-refractivity contribution in [3.8, 4) is 17.2 Å². The van der Waals surface area contributed by atoms with E-state index < -0.39 is 18.0 Å². The molecule has 0 saturated heterocycles. The molecule has 1 atom stereocenters. The largest absolute Gasteiger partial charge is 0.494 e. The molecule has 0 fully saturated rings. The summed E-state index contributed by atoms with van der Waals surface area (Å²) in [6, 6.07) is 12.0. The molecule has 7 nitrogen and oxygen atoms in total. The topological polar surface area (TPSA) is 83.1 Å². The van der Waals surface area contributed by atoms with Crippen molar-refractivity contribution >= 4 is 11.9 Å². The Balaban J connectivity index is 1.87. The van der Waals surface area contributed by atoms with Crippen LogP contribution in [-0.4, -0.2) is 38.8 Å².